The van der Waals surface area contributed by atoms with E-state index >= 15 is 0 Å². The highest BCUT2D eigenvalue weighted by Gasteiger charge is 2.06. The molecule has 0 aliphatic carbocycles. The van der Waals surface area contributed by atoms with E-state index in [1.165, 1.54) is 18.1 Å². The number of anilines is 2. The van der Waals surface area contributed by atoms with Crippen LogP contribution in [0.5, 0.6) is 0 Å². The summed E-state index contributed by atoms with van der Waals surface area (Å²) in [6, 6.07) is 5.00. The molecule has 0 spiro atoms. The van der Waals surface area contributed by atoms with Crippen molar-refractivity contribution in [3.63, 3.8) is 0 Å². The molecule has 1 aromatic heterocycles. The van der Waals surface area contributed by atoms with Crippen molar-refractivity contribution >= 4 is 40.6 Å². The Bertz CT molecular complexity index is 616. The van der Waals surface area contributed by atoms with Gasteiger partial charge in [-0.15, -0.1) is 0 Å². The Hall–Kier alpha value is -1.73. The Morgan fingerprint density at radius 2 is 2.35 bits per heavy atom. The molecular formula is C12H14ClN5OS. The van der Waals surface area contributed by atoms with Crippen LogP contribution in [0.2, 0.25) is 5.02 Å². The number of benzene rings is 1. The lowest BCUT2D eigenvalue weighted by Crippen LogP contribution is -2.12. The lowest BCUT2D eigenvalue weighted by molar-refractivity contribution is -0.115. The number of aromatic nitrogens is 3. The van der Waals surface area contributed by atoms with Crippen LogP contribution in [0, 0.1) is 0 Å². The first-order chi connectivity index (χ1) is 9.56. The Labute approximate surface area is 125 Å². The Morgan fingerprint density at radius 1 is 1.55 bits per heavy atom. The Morgan fingerprint density at radius 3 is 3.00 bits per heavy atom. The highest BCUT2D eigenvalue weighted by molar-refractivity contribution is 7.99. The molecule has 106 valence electrons. The Kier molecular flexibility index (Phi) is 4.86. The predicted octanol–water partition coefficient (Wildman–Crippen LogP) is 2.17. The molecule has 20 heavy (non-hydrogen) atoms. The van der Waals surface area contributed by atoms with Gasteiger partial charge in [-0.25, -0.2) is 9.67 Å². The molecule has 0 unspecified atom stereocenters. The second kappa shape index (κ2) is 6.62. The van der Waals surface area contributed by atoms with E-state index in [2.05, 4.69) is 15.4 Å². The summed E-state index contributed by atoms with van der Waals surface area (Å²) in [5.41, 5.74) is 6.75. The first-order valence-corrected chi connectivity index (χ1v) is 7.24. The van der Waals surface area contributed by atoms with Crippen molar-refractivity contribution in [2.24, 2.45) is 7.05 Å². The topological polar surface area (TPSA) is 85.8 Å². The molecule has 6 nitrogen and oxygen atoms in total. The standard InChI is InChI=1S/C12H14ClN5OS/c1-18-12(15-7-16-18)20-5-4-11(19)17-8-2-3-9(13)10(14)6-8/h2-3,6-7H,4-5,14H2,1H3,(H,17,19). The van der Waals surface area contributed by atoms with Gasteiger partial charge in [0.1, 0.15) is 6.33 Å². The number of hydrogen-bond acceptors (Lipinski definition) is 5. The van der Waals surface area contributed by atoms with Gasteiger partial charge in [0.05, 0.1) is 10.7 Å². The molecule has 0 aliphatic rings. The monoisotopic (exact) mass is 311 g/mol. The van der Waals surface area contributed by atoms with Crippen molar-refractivity contribution in [3.8, 4) is 0 Å². The molecule has 2 aromatic rings. The first kappa shape index (κ1) is 14.7. The number of carbonyl (C=O) groups is 1. The lowest BCUT2D eigenvalue weighted by Gasteiger charge is -2.06. The zero-order valence-electron chi connectivity index (χ0n) is 10.8. The van der Waals surface area contributed by atoms with E-state index in [-0.39, 0.29) is 5.91 Å². The number of rotatable bonds is 5. The number of nitrogens with two attached hydrogens (primary N) is 1. The van der Waals surface area contributed by atoms with E-state index in [1.807, 2.05) is 7.05 Å². The summed E-state index contributed by atoms with van der Waals surface area (Å²) in [5, 5.41) is 7.99. The Balaban J connectivity index is 1.80. The largest absolute Gasteiger partial charge is 0.397 e. The highest BCUT2D eigenvalue weighted by Crippen LogP contribution is 2.22. The zero-order valence-corrected chi connectivity index (χ0v) is 12.4. The molecule has 1 amide bonds. The van der Waals surface area contributed by atoms with Crippen LogP contribution in [0.4, 0.5) is 11.4 Å². The first-order valence-electron chi connectivity index (χ1n) is 5.88. The maximum atomic E-state index is 11.8. The van der Waals surface area contributed by atoms with Crippen LogP contribution in [0.3, 0.4) is 0 Å². The molecule has 0 radical (unpaired) electrons. The van der Waals surface area contributed by atoms with Crippen molar-refractivity contribution in [3.05, 3.63) is 29.5 Å². The number of carbonyl (C=O) groups excluding carboxylic acids is 1. The minimum absolute atomic E-state index is 0.0820. The predicted molar refractivity (Wildman–Crippen MR) is 80.8 cm³/mol. The van der Waals surface area contributed by atoms with Crippen molar-refractivity contribution in [1.29, 1.82) is 0 Å². The van der Waals surface area contributed by atoms with Crippen LogP contribution in [0.25, 0.3) is 0 Å². The van der Waals surface area contributed by atoms with Gasteiger partial charge < -0.3 is 11.1 Å². The molecule has 1 heterocycles. The normalized spacial score (nSPS) is 10.5. The third-order valence-electron chi connectivity index (χ3n) is 2.51. The SMILES string of the molecule is Cn1ncnc1SCCC(=O)Nc1ccc(Cl)c(N)c1. The molecule has 2 rings (SSSR count). The number of nitrogens with zero attached hydrogens (tertiary/aromatic N) is 3. The second-order valence-electron chi connectivity index (χ2n) is 4.05. The molecule has 0 aliphatic heterocycles. The summed E-state index contributed by atoms with van der Waals surface area (Å²) in [7, 11) is 1.81. The molecular weight excluding hydrogens is 298 g/mol. The van der Waals surface area contributed by atoms with E-state index in [0.717, 1.165) is 5.16 Å². The van der Waals surface area contributed by atoms with E-state index in [0.29, 0.717) is 28.6 Å². The van der Waals surface area contributed by atoms with Gasteiger partial charge in [0.2, 0.25) is 5.91 Å². The molecule has 8 heteroatoms. The van der Waals surface area contributed by atoms with Crippen LogP contribution in [-0.4, -0.2) is 26.4 Å². The molecule has 0 saturated carbocycles. The minimum atomic E-state index is -0.0820. The van der Waals surface area contributed by atoms with E-state index < -0.39 is 0 Å². The van der Waals surface area contributed by atoms with Gasteiger partial charge in [-0.3, -0.25) is 4.79 Å². The summed E-state index contributed by atoms with van der Waals surface area (Å²) in [6.07, 6.45) is 1.86. The number of aryl methyl sites for hydroxylation is 1. The number of halogens is 1. The number of thioether (sulfide) groups is 1. The smallest absolute Gasteiger partial charge is 0.225 e. The van der Waals surface area contributed by atoms with Crippen LogP contribution in [-0.2, 0) is 11.8 Å². The highest BCUT2D eigenvalue weighted by atomic mass is 35.5. The molecule has 0 fully saturated rings. The van der Waals surface area contributed by atoms with Crippen molar-refractivity contribution < 1.29 is 4.79 Å². The summed E-state index contributed by atoms with van der Waals surface area (Å²) in [4.78, 5) is 15.9. The number of amides is 1. The van der Waals surface area contributed by atoms with Gasteiger partial charge in [-0.05, 0) is 18.2 Å². The molecule has 0 atom stereocenters. The average Bonchev–Trinajstić information content (AvgIpc) is 2.80. The van der Waals surface area contributed by atoms with Crippen LogP contribution < -0.4 is 11.1 Å². The van der Waals surface area contributed by atoms with Crippen molar-refractivity contribution in [2.45, 2.75) is 11.6 Å². The summed E-state index contributed by atoms with van der Waals surface area (Å²) >= 11 is 7.30. The quantitative estimate of drug-likeness (QED) is 0.653. The van der Waals surface area contributed by atoms with Crippen LogP contribution >= 0.6 is 23.4 Å². The average molecular weight is 312 g/mol. The number of hydrogen-bond donors (Lipinski definition) is 2. The van der Waals surface area contributed by atoms with Crippen LogP contribution in [0.15, 0.2) is 29.7 Å². The summed E-state index contributed by atoms with van der Waals surface area (Å²) in [6.45, 7) is 0. The summed E-state index contributed by atoms with van der Waals surface area (Å²) in [5.74, 6) is 0.544. The molecule has 1 aromatic carbocycles. The fourth-order valence-electron chi connectivity index (χ4n) is 1.50. The minimum Gasteiger partial charge on any atom is -0.397 e. The van der Waals surface area contributed by atoms with Gasteiger partial charge in [0.15, 0.2) is 5.16 Å². The fraction of sp³-hybridized carbons (Fsp3) is 0.250. The van der Waals surface area contributed by atoms with Gasteiger partial charge in [-0.1, -0.05) is 23.4 Å². The summed E-state index contributed by atoms with van der Waals surface area (Å²) < 4.78 is 1.67. The molecule has 0 bridgehead atoms. The molecule has 0 saturated heterocycles. The van der Waals surface area contributed by atoms with Crippen molar-refractivity contribution in [1.82, 2.24) is 14.8 Å². The van der Waals surface area contributed by atoms with E-state index in [9.17, 15) is 4.79 Å². The van der Waals surface area contributed by atoms with Gasteiger partial charge in [-0.2, -0.15) is 5.10 Å². The van der Waals surface area contributed by atoms with Crippen molar-refractivity contribution in [2.75, 3.05) is 16.8 Å². The van der Waals surface area contributed by atoms with Gasteiger partial charge >= 0.3 is 0 Å². The third kappa shape index (κ3) is 3.88. The lowest BCUT2D eigenvalue weighted by atomic mass is 10.2. The van der Waals surface area contributed by atoms with Gasteiger partial charge in [0, 0.05) is 24.9 Å². The molecule has 3 N–H and O–H groups in total. The van der Waals surface area contributed by atoms with Crippen LogP contribution in [0.1, 0.15) is 6.42 Å². The number of nitrogens with one attached hydrogen (secondary N) is 1. The van der Waals surface area contributed by atoms with E-state index in [1.54, 1.807) is 22.9 Å². The second-order valence-corrected chi connectivity index (χ2v) is 5.52. The number of nitrogen functional groups attached to an aromatic ring is 1. The van der Waals surface area contributed by atoms with E-state index in [4.69, 9.17) is 17.3 Å². The third-order valence-corrected chi connectivity index (χ3v) is 3.89. The maximum Gasteiger partial charge on any atom is 0.225 e. The fourth-order valence-corrected chi connectivity index (χ4v) is 2.44. The van der Waals surface area contributed by atoms with Gasteiger partial charge in [0.25, 0.3) is 0 Å². The maximum absolute atomic E-state index is 11.8. The zero-order chi connectivity index (χ0) is 14.5.